The molecule has 2 aromatic heterocycles. The molecule has 1 amide bonds. The third kappa shape index (κ3) is 5.75. The van der Waals surface area contributed by atoms with Crippen LogP contribution in [0.2, 0.25) is 5.02 Å². The van der Waals surface area contributed by atoms with E-state index in [-0.39, 0.29) is 35.2 Å². The lowest BCUT2D eigenvalue weighted by atomic mass is 9.93. The molecular weight excluding hydrogens is 572 g/mol. The molecule has 11 heteroatoms. The van der Waals surface area contributed by atoms with Gasteiger partial charge in [0.2, 0.25) is 10.0 Å². The molecule has 2 aromatic carbocycles. The number of likely N-dealkylation sites (tertiary alicyclic amines) is 1. The fourth-order valence-corrected chi connectivity index (χ4v) is 7.36. The van der Waals surface area contributed by atoms with E-state index in [4.69, 9.17) is 27.4 Å². The number of sulfonamides is 1. The first-order valence-corrected chi connectivity index (χ1v) is 16.6. The van der Waals surface area contributed by atoms with Gasteiger partial charge in [-0.1, -0.05) is 41.9 Å². The van der Waals surface area contributed by atoms with Gasteiger partial charge in [0.05, 0.1) is 34.9 Å². The lowest BCUT2D eigenvalue weighted by Gasteiger charge is -2.35. The van der Waals surface area contributed by atoms with Crippen molar-refractivity contribution in [3.05, 3.63) is 93.9 Å². The minimum Gasteiger partial charge on any atom is -0.330 e. The summed E-state index contributed by atoms with van der Waals surface area (Å²) in [6, 6.07) is 16.8. The highest BCUT2D eigenvalue weighted by Crippen LogP contribution is 2.43. The maximum Gasteiger partial charge on any atom is 0.256 e. The smallest absolute Gasteiger partial charge is 0.256 e. The number of nitrogens with two attached hydrogens (primary N) is 1. The molecule has 0 bridgehead atoms. The number of piperidine rings is 1. The fourth-order valence-electron chi connectivity index (χ4n) is 6.61. The zero-order valence-electron chi connectivity index (χ0n) is 23.7. The third-order valence-electron chi connectivity index (χ3n) is 8.53. The number of carbonyl (C=O) groups is 1. The van der Waals surface area contributed by atoms with Crippen LogP contribution in [0.25, 0.3) is 5.65 Å². The van der Waals surface area contributed by atoms with Crippen molar-refractivity contribution in [3.63, 3.8) is 0 Å². The maximum atomic E-state index is 13.9. The van der Waals surface area contributed by atoms with Crippen molar-refractivity contribution in [2.75, 3.05) is 17.5 Å². The van der Waals surface area contributed by atoms with Gasteiger partial charge in [-0.2, -0.15) is 5.10 Å². The molecule has 2 aliphatic rings. The Morgan fingerprint density at radius 2 is 1.88 bits per heavy atom. The standard InChI is InChI=1S/C31H35ClN6O3S/c1-19-18-38-29(34-30(19)21-14-23(25(33)15-21)20-8-4-3-5-9-20)17-27(35-38)28-10-6-7-13-37(28)31(39)24-16-22(32)11-12-26(24)36-42(2,40)41/h3-5,8-9,11-12,16-18,21,23,25,28,36H,6-7,10,13-15,33H2,1-2H3/t21?,23-,25+,28-/m0/s1. The SMILES string of the molecule is Cc1cn2nc([C@@H]3CCCCN3C(=O)c3cc(Cl)ccc3NS(C)(=O)=O)cc2nc1C1C[C@@H](N)[C@H](c2ccccc2)C1. The summed E-state index contributed by atoms with van der Waals surface area (Å²) in [5.74, 6) is 0.261. The molecule has 1 saturated heterocycles. The Labute approximate surface area is 251 Å². The van der Waals surface area contributed by atoms with Crippen LogP contribution in [-0.2, 0) is 10.0 Å². The number of hydrogen-bond acceptors (Lipinski definition) is 6. The fraction of sp³-hybridized carbons (Fsp3) is 0.387. The molecule has 4 aromatic rings. The van der Waals surface area contributed by atoms with E-state index in [1.807, 2.05) is 18.3 Å². The number of aromatic nitrogens is 3. The lowest BCUT2D eigenvalue weighted by molar-refractivity contribution is 0.0607. The summed E-state index contributed by atoms with van der Waals surface area (Å²) >= 11 is 6.23. The average molecular weight is 607 g/mol. The Kier molecular flexibility index (Phi) is 7.72. The van der Waals surface area contributed by atoms with E-state index < -0.39 is 10.0 Å². The molecule has 1 saturated carbocycles. The zero-order valence-corrected chi connectivity index (χ0v) is 25.3. The van der Waals surface area contributed by atoms with Gasteiger partial charge >= 0.3 is 0 Å². The number of halogens is 1. The van der Waals surface area contributed by atoms with Gasteiger partial charge in [0.15, 0.2) is 5.65 Å². The Bertz CT molecular complexity index is 1740. The van der Waals surface area contributed by atoms with Crippen LogP contribution in [0.15, 0.2) is 60.8 Å². The number of carbonyl (C=O) groups excluding carboxylic acids is 1. The topological polar surface area (TPSA) is 123 Å². The minimum atomic E-state index is -3.59. The summed E-state index contributed by atoms with van der Waals surface area (Å²) in [5, 5.41) is 5.22. The van der Waals surface area contributed by atoms with E-state index in [2.05, 4.69) is 35.9 Å². The van der Waals surface area contributed by atoms with Crippen molar-refractivity contribution < 1.29 is 13.2 Å². The molecule has 1 aliphatic carbocycles. The second-order valence-corrected chi connectivity index (χ2v) is 13.8. The summed E-state index contributed by atoms with van der Waals surface area (Å²) in [5.41, 5.74) is 11.9. The molecule has 4 atom stereocenters. The van der Waals surface area contributed by atoms with Crippen molar-refractivity contribution in [1.29, 1.82) is 0 Å². The Balaban J connectivity index is 1.30. The highest BCUT2D eigenvalue weighted by molar-refractivity contribution is 7.92. The average Bonchev–Trinajstić information content (AvgIpc) is 3.55. The molecule has 220 valence electrons. The largest absolute Gasteiger partial charge is 0.330 e. The van der Waals surface area contributed by atoms with Crippen molar-refractivity contribution in [2.45, 2.75) is 62.9 Å². The maximum absolute atomic E-state index is 13.9. The van der Waals surface area contributed by atoms with Gasteiger partial charge in [0.25, 0.3) is 5.91 Å². The number of amides is 1. The Hall–Kier alpha value is -3.47. The molecule has 0 radical (unpaired) electrons. The Morgan fingerprint density at radius 3 is 2.64 bits per heavy atom. The van der Waals surface area contributed by atoms with Crippen LogP contribution in [0.4, 0.5) is 5.69 Å². The highest BCUT2D eigenvalue weighted by Gasteiger charge is 2.36. The number of hydrogen-bond donors (Lipinski definition) is 2. The number of benzene rings is 2. The van der Waals surface area contributed by atoms with Crippen LogP contribution in [0.1, 0.15) is 82.9 Å². The summed E-state index contributed by atoms with van der Waals surface area (Å²) in [6.07, 6.45) is 7.43. The third-order valence-corrected chi connectivity index (χ3v) is 9.35. The molecular formula is C31H35ClN6O3S. The molecule has 1 aliphatic heterocycles. The summed E-state index contributed by atoms with van der Waals surface area (Å²) in [6.45, 7) is 2.59. The highest BCUT2D eigenvalue weighted by atomic mass is 35.5. The minimum absolute atomic E-state index is 0.0747. The van der Waals surface area contributed by atoms with Gasteiger partial charge in [0.1, 0.15) is 0 Å². The normalized spacial score (nSPS) is 22.9. The van der Waals surface area contributed by atoms with Gasteiger partial charge in [-0.15, -0.1) is 0 Å². The predicted octanol–water partition coefficient (Wildman–Crippen LogP) is 5.42. The summed E-state index contributed by atoms with van der Waals surface area (Å²) in [7, 11) is -3.59. The van der Waals surface area contributed by atoms with E-state index in [0.29, 0.717) is 17.5 Å². The molecule has 1 unspecified atom stereocenters. The summed E-state index contributed by atoms with van der Waals surface area (Å²) < 4.78 is 28.2. The van der Waals surface area contributed by atoms with Crippen molar-refractivity contribution in [1.82, 2.24) is 19.5 Å². The van der Waals surface area contributed by atoms with Crippen molar-refractivity contribution in [2.24, 2.45) is 5.73 Å². The summed E-state index contributed by atoms with van der Waals surface area (Å²) in [4.78, 5) is 20.7. The molecule has 6 rings (SSSR count). The van der Waals surface area contributed by atoms with Crippen LogP contribution < -0.4 is 10.5 Å². The van der Waals surface area contributed by atoms with Crippen molar-refractivity contribution >= 4 is 38.9 Å². The van der Waals surface area contributed by atoms with E-state index >= 15 is 0 Å². The number of rotatable bonds is 6. The lowest BCUT2D eigenvalue weighted by Crippen LogP contribution is -2.39. The van der Waals surface area contributed by atoms with Crippen LogP contribution in [-0.4, -0.2) is 52.7 Å². The number of fused-ring (bicyclic) bond motifs is 1. The number of anilines is 1. The quantitative estimate of drug-likeness (QED) is 0.302. The monoisotopic (exact) mass is 606 g/mol. The molecule has 42 heavy (non-hydrogen) atoms. The van der Waals surface area contributed by atoms with Gasteiger partial charge in [-0.25, -0.2) is 17.9 Å². The first kappa shape index (κ1) is 28.6. The first-order chi connectivity index (χ1) is 20.1. The van der Waals surface area contributed by atoms with Gasteiger partial charge in [0, 0.05) is 35.8 Å². The first-order valence-electron chi connectivity index (χ1n) is 14.3. The van der Waals surface area contributed by atoms with E-state index in [9.17, 15) is 13.2 Å². The molecule has 3 heterocycles. The Morgan fingerprint density at radius 1 is 1.10 bits per heavy atom. The van der Waals surface area contributed by atoms with Crippen LogP contribution >= 0.6 is 11.6 Å². The van der Waals surface area contributed by atoms with Gasteiger partial charge < -0.3 is 10.6 Å². The number of nitrogens with one attached hydrogen (secondary N) is 1. The van der Waals surface area contributed by atoms with Crippen LogP contribution in [0.5, 0.6) is 0 Å². The van der Waals surface area contributed by atoms with Gasteiger partial charge in [-0.05, 0) is 74.3 Å². The molecule has 2 fully saturated rings. The molecule has 0 spiro atoms. The van der Waals surface area contributed by atoms with Gasteiger partial charge in [-0.3, -0.25) is 9.52 Å². The van der Waals surface area contributed by atoms with Crippen LogP contribution in [0.3, 0.4) is 0 Å². The van der Waals surface area contributed by atoms with E-state index in [1.165, 1.54) is 17.7 Å². The second-order valence-electron chi connectivity index (χ2n) is 11.6. The number of aryl methyl sites for hydroxylation is 1. The van der Waals surface area contributed by atoms with Crippen molar-refractivity contribution in [3.8, 4) is 0 Å². The molecule has 9 nitrogen and oxygen atoms in total. The number of nitrogens with zero attached hydrogens (tertiary/aromatic N) is 4. The van der Waals surface area contributed by atoms with E-state index in [1.54, 1.807) is 15.5 Å². The predicted molar refractivity (Wildman–Crippen MR) is 164 cm³/mol. The second kappa shape index (κ2) is 11.3. The van der Waals surface area contributed by atoms with E-state index in [0.717, 1.165) is 61.0 Å². The van der Waals surface area contributed by atoms with Crippen LogP contribution in [0, 0.1) is 6.92 Å². The molecule has 3 N–H and O–H groups in total. The zero-order chi connectivity index (χ0) is 29.6.